The van der Waals surface area contributed by atoms with Crippen LogP contribution in [0.1, 0.15) is 36.8 Å². The Morgan fingerprint density at radius 3 is 2.03 bits per heavy atom. The van der Waals surface area contributed by atoms with Crippen molar-refractivity contribution in [2.45, 2.75) is 42.0 Å². The van der Waals surface area contributed by atoms with E-state index in [0.717, 1.165) is 24.0 Å². The second kappa shape index (κ2) is 10.4. The first-order valence-electron chi connectivity index (χ1n) is 11.5. The fourth-order valence-electron chi connectivity index (χ4n) is 4.39. The molecule has 1 fully saturated rings. The Kier molecular flexibility index (Phi) is 7.52. The van der Waals surface area contributed by atoms with E-state index in [1.165, 1.54) is 32.9 Å². The maximum Gasteiger partial charge on any atom is 0.243 e. The molecule has 0 bridgehead atoms. The van der Waals surface area contributed by atoms with Crippen LogP contribution in [0.15, 0.2) is 94.7 Å². The van der Waals surface area contributed by atoms with Crippen molar-refractivity contribution >= 4 is 20.0 Å². The van der Waals surface area contributed by atoms with Crippen LogP contribution in [0.4, 0.5) is 0 Å². The van der Waals surface area contributed by atoms with Crippen LogP contribution in [0.3, 0.4) is 0 Å². The highest BCUT2D eigenvalue weighted by Crippen LogP contribution is 2.30. The Morgan fingerprint density at radius 2 is 1.41 bits per heavy atom. The maximum absolute atomic E-state index is 13.3. The van der Waals surface area contributed by atoms with Crippen LogP contribution < -0.4 is 0 Å². The fourth-order valence-corrected chi connectivity index (χ4v) is 7.35. The summed E-state index contributed by atoms with van der Waals surface area (Å²) < 4.78 is 55.9. The lowest BCUT2D eigenvalue weighted by atomic mass is 9.92. The lowest BCUT2D eigenvalue weighted by Crippen LogP contribution is -2.39. The summed E-state index contributed by atoms with van der Waals surface area (Å²) in [4.78, 5) is 0.205. The van der Waals surface area contributed by atoms with E-state index in [-0.39, 0.29) is 22.3 Å². The van der Waals surface area contributed by atoms with E-state index in [4.69, 9.17) is 0 Å². The first-order chi connectivity index (χ1) is 16.3. The molecule has 0 N–H and O–H groups in total. The average molecular weight is 499 g/mol. The smallest absolute Gasteiger partial charge is 0.207 e. The van der Waals surface area contributed by atoms with Gasteiger partial charge in [0.15, 0.2) is 0 Å². The van der Waals surface area contributed by atoms with Crippen LogP contribution in [0.25, 0.3) is 0 Å². The lowest BCUT2D eigenvalue weighted by Gasteiger charge is -2.32. The molecule has 3 aromatic carbocycles. The zero-order valence-electron chi connectivity index (χ0n) is 19.2. The van der Waals surface area contributed by atoms with Crippen molar-refractivity contribution in [3.63, 3.8) is 0 Å². The standard InChI is InChI=1S/C26H30N2O4S2/c1-2-27(20-22-10-5-3-6-11-22)33(29,30)25-15-17-26(18-16-25)34(31,32)28-19-9-14-24(21-28)23-12-7-4-8-13-23/h3-8,10-13,15-18,24H,2,9,14,19-21H2,1H3/t24-/m1/s1. The highest BCUT2D eigenvalue weighted by molar-refractivity contribution is 7.89. The van der Waals surface area contributed by atoms with Crippen molar-refractivity contribution in [2.75, 3.05) is 19.6 Å². The topological polar surface area (TPSA) is 74.8 Å². The van der Waals surface area contributed by atoms with Gasteiger partial charge in [-0.1, -0.05) is 67.6 Å². The molecule has 0 aromatic heterocycles. The van der Waals surface area contributed by atoms with Crippen LogP contribution in [-0.4, -0.2) is 45.1 Å². The molecule has 1 aliphatic rings. The molecule has 0 aliphatic carbocycles. The molecule has 8 heteroatoms. The zero-order chi connectivity index (χ0) is 24.2. The predicted molar refractivity (Wildman–Crippen MR) is 133 cm³/mol. The van der Waals surface area contributed by atoms with Gasteiger partial charge in [-0.05, 0) is 54.2 Å². The first kappa shape index (κ1) is 24.6. The van der Waals surface area contributed by atoms with Crippen molar-refractivity contribution in [1.29, 1.82) is 0 Å². The van der Waals surface area contributed by atoms with Gasteiger partial charge in [0.1, 0.15) is 0 Å². The van der Waals surface area contributed by atoms with E-state index in [2.05, 4.69) is 0 Å². The van der Waals surface area contributed by atoms with Crippen LogP contribution in [0.5, 0.6) is 0 Å². The summed E-state index contributed by atoms with van der Waals surface area (Å²) >= 11 is 0. The van der Waals surface area contributed by atoms with Crippen molar-refractivity contribution in [1.82, 2.24) is 8.61 Å². The second-order valence-corrected chi connectivity index (χ2v) is 12.4. The Bertz CT molecular complexity index is 1290. The molecule has 3 aromatic rings. The molecule has 1 saturated heterocycles. The molecule has 1 aliphatic heterocycles. The molecular formula is C26H30N2O4S2. The second-order valence-electron chi connectivity index (χ2n) is 8.50. The Balaban J connectivity index is 1.53. The third kappa shape index (κ3) is 5.25. The van der Waals surface area contributed by atoms with Crippen molar-refractivity contribution < 1.29 is 16.8 Å². The largest absolute Gasteiger partial charge is 0.243 e. The Labute approximate surface area is 203 Å². The molecule has 0 saturated carbocycles. The van der Waals surface area contributed by atoms with Gasteiger partial charge in [0.05, 0.1) is 9.79 Å². The number of hydrogen-bond acceptors (Lipinski definition) is 4. The Hall–Kier alpha value is -2.52. The SMILES string of the molecule is CCN(Cc1ccccc1)S(=O)(=O)c1ccc(S(=O)(=O)N2CCC[C@@H](c3ccccc3)C2)cc1. The van der Waals surface area contributed by atoms with Gasteiger partial charge < -0.3 is 0 Å². The lowest BCUT2D eigenvalue weighted by molar-refractivity contribution is 0.315. The molecule has 34 heavy (non-hydrogen) atoms. The molecule has 4 rings (SSSR count). The summed E-state index contributed by atoms with van der Waals surface area (Å²) in [5.74, 6) is 0.153. The molecule has 0 amide bonds. The summed E-state index contributed by atoms with van der Waals surface area (Å²) in [5.41, 5.74) is 2.03. The number of sulfonamides is 2. The number of nitrogens with zero attached hydrogens (tertiary/aromatic N) is 2. The monoisotopic (exact) mass is 498 g/mol. The van der Waals surface area contributed by atoms with E-state index in [0.29, 0.717) is 19.6 Å². The minimum atomic E-state index is -3.76. The molecule has 6 nitrogen and oxygen atoms in total. The summed E-state index contributed by atoms with van der Waals surface area (Å²) in [6.45, 7) is 3.25. The van der Waals surface area contributed by atoms with Gasteiger partial charge in [0.2, 0.25) is 20.0 Å². The van der Waals surface area contributed by atoms with Crippen LogP contribution in [0, 0.1) is 0 Å². The summed E-state index contributed by atoms with van der Waals surface area (Å²) in [5, 5.41) is 0. The molecule has 1 atom stereocenters. The molecule has 0 unspecified atom stereocenters. The number of benzene rings is 3. The third-order valence-corrected chi connectivity index (χ3v) is 10.1. The summed E-state index contributed by atoms with van der Waals surface area (Å²) in [7, 11) is -7.47. The average Bonchev–Trinajstić information content (AvgIpc) is 2.88. The molecule has 0 radical (unpaired) electrons. The molecule has 0 spiro atoms. The van der Waals surface area contributed by atoms with Gasteiger partial charge in [-0.25, -0.2) is 16.8 Å². The maximum atomic E-state index is 13.3. The van der Waals surface area contributed by atoms with E-state index >= 15 is 0 Å². The normalized spacial score (nSPS) is 17.6. The zero-order valence-corrected chi connectivity index (χ0v) is 20.9. The van der Waals surface area contributed by atoms with Gasteiger partial charge in [-0.15, -0.1) is 0 Å². The Morgan fingerprint density at radius 1 is 0.824 bits per heavy atom. The highest BCUT2D eigenvalue weighted by atomic mass is 32.2. The number of piperidine rings is 1. The van der Waals surface area contributed by atoms with E-state index < -0.39 is 20.0 Å². The molecule has 1 heterocycles. The van der Waals surface area contributed by atoms with Gasteiger partial charge in [0.25, 0.3) is 0 Å². The highest BCUT2D eigenvalue weighted by Gasteiger charge is 2.31. The van der Waals surface area contributed by atoms with Gasteiger partial charge >= 0.3 is 0 Å². The first-order valence-corrected chi connectivity index (χ1v) is 14.4. The van der Waals surface area contributed by atoms with Crippen LogP contribution in [0.2, 0.25) is 0 Å². The number of hydrogen-bond donors (Lipinski definition) is 0. The van der Waals surface area contributed by atoms with Crippen molar-refractivity contribution in [3.8, 4) is 0 Å². The van der Waals surface area contributed by atoms with Crippen LogP contribution >= 0.6 is 0 Å². The molecule has 180 valence electrons. The minimum absolute atomic E-state index is 0.0880. The minimum Gasteiger partial charge on any atom is -0.207 e. The van der Waals surface area contributed by atoms with Crippen molar-refractivity contribution in [2.24, 2.45) is 0 Å². The van der Waals surface area contributed by atoms with Gasteiger partial charge in [-0.2, -0.15) is 8.61 Å². The van der Waals surface area contributed by atoms with Gasteiger partial charge in [0, 0.05) is 26.2 Å². The van der Waals surface area contributed by atoms with E-state index in [1.807, 2.05) is 60.7 Å². The third-order valence-electron chi connectivity index (χ3n) is 6.31. The van der Waals surface area contributed by atoms with E-state index in [1.54, 1.807) is 6.92 Å². The van der Waals surface area contributed by atoms with E-state index in [9.17, 15) is 16.8 Å². The summed E-state index contributed by atoms with van der Waals surface area (Å²) in [6.07, 6.45) is 1.73. The predicted octanol–water partition coefficient (Wildman–Crippen LogP) is 4.47. The quantitative estimate of drug-likeness (QED) is 0.459. The number of rotatable bonds is 8. The van der Waals surface area contributed by atoms with Crippen LogP contribution in [-0.2, 0) is 26.6 Å². The van der Waals surface area contributed by atoms with Crippen molar-refractivity contribution in [3.05, 3.63) is 96.1 Å². The van der Waals surface area contributed by atoms with Gasteiger partial charge in [-0.3, -0.25) is 0 Å². The molecular weight excluding hydrogens is 468 g/mol. The fraction of sp³-hybridized carbons (Fsp3) is 0.308. The summed E-state index contributed by atoms with van der Waals surface area (Å²) in [6, 6.07) is 25.0.